The summed E-state index contributed by atoms with van der Waals surface area (Å²) in [5.74, 6) is 0.977. The Bertz CT molecular complexity index is 558. The fourth-order valence-electron chi connectivity index (χ4n) is 1.88. The van der Waals surface area contributed by atoms with E-state index in [-0.39, 0.29) is 0 Å². The van der Waals surface area contributed by atoms with Crippen LogP contribution in [0.1, 0.15) is 12.8 Å². The maximum absolute atomic E-state index is 6.15. The van der Waals surface area contributed by atoms with Gasteiger partial charge in [0, 0.05) is 18.4 Å². The number of amidine groups is 1. The van der Waals surface area contributed by atoms with Crippen LogP contribution >= 0.6 is 11.6 Å². The van der Waals surface area contributed by atoms with E-state index in [2.05, 4.69) is 15.5 Å². The number of para-hydroxylation sites is 1. The van der Waals surface area contributed by atoms with Gasteiger partial charge in [0.1, 0.15) is 11.4 Å². The molecule has 0 bridgehead atoms. The minimum absolute atomic E-state index is 0.695. The molecular formula is C11H11ClN4. The third-order valence-corrected chi connectivity index (χ3v) is 2.96. The number of nitrogens with zero attached hydrogens (tertiary/aromatic N) is 3. The molecule has 2 heterocycles. The van der Waals surface area contributed by atoms with Crippen molar-refractivity contribution in [1.29, 1.82) is 0 Å². The number of benzene rings is 1. The van der Waals surface area contributed by atoms with Crippen LogP contribution in [0.15, 0.2) is 29.4 Å². The molecule has 0 unspecified atom stereocenters. The maximum Gasteiger partial charge on any atom is 0.117 e. The summed E-state index contributed by atoms with van der Waals surface area (Å²) in [5, 5.41) is 5.98. The van der Waals surface area contributed by atoms with Crippen molar-refractivity contribution in [1.82, 2.24) is 9.89 Å². The van der Waals surface area contributed by atoms with Crippen molar-refractivity contribution in [3.8, 4) is 0 Å². The summed E-state index contributed by atoms with van der Waals surface area (Å²) < 4.78 is 0. The van der Waals surface area contributed by atoms with Crippen LogP contribution in [0.2, 0.25) is 5.02 Å². The van der Waals surface area contributed by atoms with E-state index in [9.17, 15) is 0 Å². The zero-order valence-corrected chi connectivity index (χ0v) is 9.41. The molecule has 0 fully saturated rings. The number of nitrogens with one attached hydrogen (secondary N) is 1. The molecule has 0 saturated heterocycles. The van der Waals surface area contributed by atoms with Crippen molar-refractivity contribution in [2.75, 3.05) is 12.0 Å². The molecule has 5 heteroatoms. The number of aromatic nitrogens is 2. The van der Waals surface area contributed by atoms with Crippen LogP contribution in [0.3, 0.4) is 0 Å². The second-order valence-corrected chi connectivity index (χ2v) is 4.19. The first-order valence-electron chi connectivity index (χ1n) is 5.27. The molecule has 1 aliphatic rings. The quantitative estimate of drug-likeness (QED) is 0.824. The summed E-state index contributed by atoms with van der Waals surface area (Å²) in [7, 11) is 0. The lowest BCUT2D eigenvalue weighted by molar-refractivity contribution is 0.838. The largest absolute Gasteiger partial charge is 0.271 e. The predicted octanol–water partition coefficient (Wildman–Crippen LogP) is 2.43. The Morgan fingerprint density at radius 3 is 3.12 bits per heavy atom. The molecule has 1 aromatic carbocycles. The van der Waals surface area contributed by atoms with Gasteiger partial charge in [0.25, 0.3) is 0 Å². The number of hydrogen-bond acceptors (Lipinski definition) is 3. The molecule has 1 aliphatic heterocycles. The first-order chi connectivity index (χ1) is 7.84. The van der Waals surface area contributed by atoms with Crippen molar-refractivity contribution in [3.05, 3.63) is 29.4 Å². The minimum Gasteiger partial charge on any atom is -0.271 e. The molecule has 1 N–H and O–H groups in total. The van der Waals surface area contributed by atoms with Gasteiger partial charge in [-0.2, -0.15) is 9.89 Å². The molecule has 0 spiro atoms. The molecule has 16 heavy (non-hydrogen) atoms. The van der Waals surface area contributed by atoms with E-state index in [1.165, 1.54) is 0 Å². The topological polar surface area (TPSA) is 42.2 Å². The highest BCUT2D eigenvalue weighted by atomic mass is 35.5. The van der Waals surface area contributed by atoms with Gasteiger partial charge >= 0.3 is 0 Å². The molecule has 2 aromatic rings. The number of rotatable bonds is 1. The average molecular weight is 235 g/mol. The number of halogens is 1. The van der Waals surface area contributed by atoms with Gasteiger partial charge in [-0.15, -0.1) is 0 Å². The smallest absolute Gasteiger partial charge is 0.117 e. The second kappa shape index (κ2) is 3.79. The Kier molecular flexibility index (Phi) is 2.29. The summed E-state index contributed by atoms with van der Waals surface area (Å²) in [6.07, 6.45) is 3.88. The van der Waals surface area contributed by atoms with Gasteiger partial charge in [-0.05, 0) is 12.5 Å². The van der Waals surface area contributed by atoms with E-state index >= 15 is 0 Å². The molecular weight excluding hydrogens is 224 g/mol. The lowest BCUT2D eigenvalue weighted by Crippen LogP contribution is -2.22. The van der Waals surface area contributed by atoms with Crippen LogP contribution in [0.5, 0.6) is 0 Å². The van der Waals surface area contributed by atoms with Gasteiger partial charge in [0.2, 0.25) is 0 Å². The fraction of sp³-hybridized carbons (Fsp3) is 0.273. The number of fused-ring (bicyclic) bond motifs is 1. The normalized spacial score (nSPS) is 15.4. The molecule has 0 radical (unpaired) electrons. The molecule has 82 valence electrons. The van der Waals surface area contributed by atoms with Crippen LogP contribution in [-0.4, -0.2) is 22.3 Å². The second-order valence-electron chi connectivity index (χ2n) is 3.78. The van der Waals surface area contributed by atoms with Crippen LogP contribution in [0, 0.1) is 0 Å². The van der Waals surface area contributed by atoms with E-state index in [1.807, 2.05) is 18.2 Å². The van der Waals surface area contributed by atoms with Crippen LogP contribution < -0.4 is 5.43 Å². The Balaban J connectivity index is 2.03. The summed E-state index contributed by atoms with van der Waals surface area (Å²) in [6.45, 7) is 0.898. The molecule has 3 rings (SSSR count). The van der Waals surface area contributed by atoms with E-state index in [0.29, 0.717) is 5.02 Å². The summed E-state index contributed by atoms with van der Waals surface area (Å²) in [6, 6.07) is 5.77. The standard InChI is InChI=1S/C11H11ClN4/c12-9-4-1-3-8-7-14-16(11(8)9)15-10-5-2-6-13-10/h1,3-4,7H,2,5-6H2,(H,13,15). The first-order valence-corrected chi connectivity index (χ1v) is 5.65. The molecule has 0 atom stereocenters. The summed E-state index contributed by atoms with van der Waals surface area (Å²) >= 11 is 6.15. The van der Waals surface area contributed by atoms with Gasteiger partial charge in [0.15, 0.2) is 0 Å². The highest BCUT2D eigenvalue weighted by molar-refractivity contribution is 6.35. The van der Waals surface area contributed by atoms with Crippen molar-refractivity contribution in [2.24, 2.45) is 4.99 Å². The molecule has 4 nitrogen and oxygen atoms in total. The van der Waals surface area contributed by atoms with Gasteiger partial charge < -0.3 is 0 Å². The predicted molar refractivity (Wildman–Crippen MR) is 65.6 cm³/mol. The third kappa shape index (κ3) is 1.55. The average Bonchev–Trinajstić information content (AvgIpc) is 2.90. The van der Waals surface area contributed by atoms with Gasteiger partial charge in [-0.1, -0.05) is 23.7 Å². The van der Waals surface area contributed by atoms with E-state index in [0.717, 1.165) is 36.1 Å². The fourth-order valence-corrected chi connectivity index (χ4v) is 2.14. The lowest BCUT2D eigenvalue weighted by atomic mass is 10.3. The van der Waals surface area contributed by atoms with Crippen molar-refractivity contribution >= 4 is 28.3 Å². The number of aliphatic imine (C=N–C) groups is 1. The van der Waals surface area contributed by atoms with Gasteiger partial charge in [-0.25, -0.2) is 0 Å². The van der Waals surface area contributed by atoms with E-state index in [1.54, 1.807) is 11.0 Å². The summed E-state index contributed by atoms with van der Waals surface area (Å²) in [4.78, 5) is 6.04. The van der Waals surface area contributed by atoms with Gasteiger partial charge in [0.05, 0.1) is 11.2 Å². The maximum atomic E-state index is 6.15. The molecule has 1 aromatic heterocycles. The summed E-state index contributed by atoms with van der Waals surface area (Å²) in [5.41, 5.74) is 4.08. The minimum atomic E-state index is 0.695. The molecule has 0 amide bonds. The van der Waals surface area contributed by atoms with E-state index in [4.69, 9.17) is 11.6 Å². The molecule has 0 aliphatic carbocycles. The SMILES string of the molecule is Clc1cccc2cnn(NC3=NCCC3)c12. The lowest BCUT2D eigenvalue weighted by Gasteiger charge is -2.07. The third-order valence-electron chi connectivity index (χ3n) is 2.65. The monoisotopic (exact) mass is 234 g/mol. The van der Waals surface area contributed by atoms with Crippen molar-refractivity contribution in [3.63, 3.8) is 0 Å². The Morgan fingerprint density at radius 1 is 1.38 bits per heavy atom. The zero-order valence-electron chi connectivity index (χ0n) is 8.65. The van der Waals surface area contributed by atoms with Crippen LogP contribution in [-0.2, 0) is 0 Å². The zero-order chi connectivity index (χ0) is 11.0. The van der Waals surface area contributed by atoms with Gasteiger partial charge in [-0.3, -0.25) is 10.4 Å². The van der Waals surface area contributed by atoms with Crippen molar-refractivity contribution in [2.45, 2.75) is 12.8 Å². The Labute approximate surface area is 97.9 Å². The highest BCUT2D eigenvalue weighted by Crippen LogP contribution is 2.22. The Hall–Kier alpha value is -1.55. The molecule has 0 saturated carbocycles. The van der Waals surface area contributed by atoms with Crippen molar-refractivity contribution < 1.29 is 0 Å². The van der Waals surface area contributed by atoms with Crippen LogP contribution in [0.4, 0.5) is 0 Å². The van der Waals surface area contributed by atoms with Crippen LogP contribution in [0.25, 0.3) is 10.9 Å². The number of hydrogen-bond donors (Lipinski definition) is 1. The Morgan fingerprint density at radius 2 is 2.31 bits per heavy atom. The van der Waals surface area contributed by atoms with E-state index < -0.39 is 0 Å². The highest BCUT2D eigenvalue weighted by Gasteiger charge is 2.10. The first kappa shape index (κ1) is 9.66.